The molecule has 34 heavy (non-hydrogen) atoms. The summed E-state index contributed by atoms with van der Waals surface area (Å²) in [6.45, 7) is 3.59. The monoisotopic (exact) mass is 477 g/mol. The predicted molar refractivity (Wildman–Crippen MR) is 127 cm³/mol. The largest absolute Gasteiger partial charge is 0.477 e. The molecule has 4 rings (SSSR count). The van der Waals surface area contributed by atoms with E-state index in [9.17, 15) is 14.7 Å². The lowest BCUT2D eigenvalue weighted by atomic mass is 10.0. The van der Waals surface area contributed by atoms with Crippen LogP contribution in [0.3, 0.4) is 0 Å². The maximum atomic E-state index is 13.0. The number of amides is 1. The van der Waals surface area contributed by atoms with E-state index < -0.39 is 12.1 Å². The van der Waals surface area contributed by atoms with Crippen LogP contribution < -0.4 is 4.90 Å². The predicted octanol–water partition coefficient (Wildman–Crippen LogP) is 6.36. The van der Waals surface area contributed by atoms with Crippen molar-refractivity contribution in [3.8, 4) is 22.5 Å². The number of carboxylic acids is 1. The molecule has 0 saturated heterocycles. The number of ether oxygens (including phenoxy) is 1. The van der Waals surface area contributed by atoms with Crippen LogP contribution in [0.1, 0.15) is 23.2 Å². The number of aromatic carboxylic acids is 1. The Hall–Kier alpha value is -4.17. The van der Waals surface area contributed by atoms with Crippen molar-refractivity contribution in [3.63, 3.8) is 0 Å². The molecular weight excluding hydrogens is 458 g/mol. The molecule has 0 bridgehead atoms. The summed E-state index contributed by atoms with van der Waals surface area (Å²) >= 11 is 6.41. The molecule has 8 nitrogen and oxygen atoms in total. The first-order valence-electron chi connectivity index (χ1n) is 10.4. The van der Waals surface area contributed by atoms with E-state index in [0.29, 0.717) is 39.1 Å². The van der Waals surface area contributed by atoms with Crippen molar-refractivity contribution in [1.82, 2.24) is 10.1 Å². The standard InChI is InChI=1S/C25H20ClN3O5/c1-3-33-25(32)29(21-10-5-4-7-18(21)26)23-15(2)34-28-22(23)17-13-11-16(12-14-17)19-8-6-9-20(27-19)24(30)31/h4-14H,3H2,1-2H3,(H,30,31). The van der Waals surface area contributed by atoms with Crippen molar-refractivity contribution in [3.05, 3.63) is 83.2 Å². The molecule has 4 aromatic rings. The maximum Gasteiger partial charge on any atom is 0.419 e. The molecule has 2 aromatic heterocycles. The maximum absolute atomic E-state index is 13.0. The van der Waals surface area contributed by atoms with Crippen LogP contribution in [0.2, 0.25) is 5.02 Å². The van der Waals surface area contributed by atoms with Crippen LogP contribution in [0.25, 0.3) is 22.5 Å². The number of rotatable bonds is 6. The number of nitrogens with zero attached hydrogens (tertiary/aromatic N) is 3. The number of hydrogen-bond acceptors (Lipinski definition) is 6. The van der Waals surface area contributed by atoms with E-state index in [-0.39, 0.29) is 12.3 Å². The number of carboxylic acid groups (broad SMARTS) is 1. The Balaban J connectivity index is 1.77. The smallest absolute Gasteiger partial charge is 0.419 e. The molecule has 0 fully saturated rings. The Morgan fingerprint density at radius 2 is 1.74 bits per heavy atom. The number of carbonyl (C=O) groups excluding carboxylic acids is 1. The van der Waals surface area contributed by atoms with E-state index in [1.54, 1.807) is 74.5 Å². The van der Waals surface area contributed by atoms with Gasteiger partial charge >= 0.3 is 12.1 Å². The molecule has 0 saturated carbocycles. The Kier molecular flexibility index (Phi) is 6.60. The zero-order valence-electron chi connectivity index (χ0n) is 18.4. The van der Waals surface area contributed by atoms with Gasteiger partial charge in [0, 0.05) is 11.1 Å². The molecule has 2 heterocycles. The van der Waals surface area contributed by atoms with Gasteiger partial charge in [0.1, 0.15) is 17.1 Å². The minimum Gasteiger partial charge on any atom is -0.477 e. The first-order chi connectivity index (χ1) is 16.4. The van der Waals surface area contributed by atoms with Crippen molar-refractivity contribution in [2.75, 3.05) is 11.5 Å². The summed E-state index contributed by atoms with van der Waals surface area (Å²) in [7, 11) is 0. The van der Waals surface area contributed by atoms with E-state index in [0.717, 1.165) is 5.56 Å². The lowest BCUT2D eigenvalue weighted by Gasteiger charge is -2.23. The Morgan fingerprint density at radius 3 is 2.41 bits per heavy atom. The molecule has 0 unspecified atom stereocenters. The van der Waals surface area contributed by atoms with Crippen LogP contribution >= 0.6 is 11.6 Å². The quantitative estimate of drug-likeness (QED) is 0.344. The topological polar surface area (TPSA) is 106 Å². The SMILES string of the molecule is CCOC(=O)N(c1ccccc1Cl)c1c(-c2ccc(-c3cccc(C(=O)O)n3)cc2)noc1C. The molecule has 0 aliphatic heterocycles. The molecule has 2 aromatic carbocycles. The number of benzene rings is 2. The first-order valence-corrected chi connectivity index (χ1v) is 10.8. The van der Waals surface area contributed by atoms with Crippen LogP contribution in [0, 0.1) is 6.92 Å². The molecule has 9 heteroatoms. The lowest BCUT2D eigenvalue weighted by Crippen LogP contribution is -2.27. The number of carbonyl (C=O) groups is 2. The van der Waals surface area contributed by atoms with Crippen molar-refractivity contribution in [2.24, 2.45) is 0 Å². The van der Waals surface area contributed by atoms with Gasteiger partial charge in [-0.15, -0.1) is 0 Å². The van der Waals surface area contributed by atoms with Gasteiger partial charge in [-0.05, 0) is 38.1 Å². The van der Waals surface area contributed by atoms with E-state index in [1.165, 1.54) is 11.0 Å². The van der Waals surface area contributed by atoms with E-state index in [1.807, 2.05) is 0 Å². The van der Waals surface area contributed by atoms with Gasteiger partial charge in [0.25, 0.3) is 0 Å². The molecule has 0 aliphatic carbocycles. The Labute approximate surface area is 200 Å². The highest BCUT2D eigenvalue weighted by atomic mass is 35.5. The minimum atomic E-state index is -1.10. The zero-order valence-corrected chi connectivity index (χ0v) is 19.1. The summed E-state index contributed by atoms with van der Waals surface area (Å²) in [4.78, 5) is 29.7. The van der Waals surface area contributed by atoms with Crippen molar-refractivity contribution >= 4 is 35.0 Å². The fourth-order valence-electron chi connectivity index (χ4n) is 3.46. The molecule has 0 atom stereocenters. The molecule has 1 amide bonds. The van der Waals surface area contributed by atoms with Gasteiger partial charge in [-0.25, -0.2) is 19.5 Å². The van der Waals surface area contributed by atoms with Gasteiger partial charge in [-0.2, -0.15) is 0 Å². The molecular formula is C25H20ClN3O5. The average Bonchev–Trinajstić information content (AvgIpc) is 3.22. The number of pyridine rings is 1. The minimum absolute atomic E-state index is 0.0409. The first kappa shape index (κ1) is 23.0. The third-order valence-electron chi connectivity index (χ3n) is 5.02. The second-order valence-corrected chi connectivity index (χ2v) is 7.62. The van der Waals surface area contributed by atoms with Gasteiger partial charge in [0.2, 0.25) is 0 Å². The normalized spacial score (nSPS) is 10.7. The molecule has 1 N–H and O–H groups in total. The van der Waals surface area contributed by atoms with Crippen LogP contribution in [-0.4, -0.2) is 33.9 Å². The number of aryl methyl sites for hydroxylation is 1. The summed E-state index contributed by atoms with van der Waals surface area (Å²) in [5, 5.41) is 13.7. The van der Waals surface area contributed by atoms with Crippen molar-refractivity contribution < 1.29 is 24.0 Å². The third-order valence-corrected chi connectivity index (χ3v) is 5.34. The summed E-state index contributed by atoms with van der Waals surface area (Å²) < 4.78 is 10.8. The fraction of sp³-hybridized carbons (Fsp3) is 0.120. The molecule has 172 valence electrons. The Morgan fingerprint density at radius 1 is 1.03 bits per heavy atom. The highest BCUT2D eigenvalue weighted by Gasteiger charge is 2.29. The summed E-state index contributed by atoms with van der Waals surface area (Å²) in [6, 6.07) is 18.9. The van der Waals surface area contributed by atoms with Gasteiger partial charge in [-0.3, -0.25) is 0 Å². The number of hydrogen-bond donors (Lipinski definition) is 1. The van der Waals surface area contributed by atoms with E-state index in [4.69, 9.17) is 20.9 Å². The Bertz CT molecular complexity index is 1350. The molecule has 0 radical (unpaired) electrons. The zero-order chi connectivity index (χ0) is 24.2. The molecule has 0 spiro atoms. The number of para-hydroxylation sites is 1. The highest BCUT2D eigenvalue weighted by molar-refractivity contribution is 6.34. The van der Waals surface area contributed by atoms with Crippen LogP contribution in [-0.2, 0) is 4.74 Å². The second-order valence-electron chi connectivity index (χ2n) is 7.21. The second kappa shape index (κ2) is 9.76. The number of aromatic nitrogens is 2. The number of halogens is 1. The van der Waals surface area contributed by atoms with Crippen molar-refractivity contribution in [2.45, 2.75) is 13.8 Å². The highest BCUT2D eigenvalue weighted by Crippen LogP contribution is 2.40. The fourth-order valence-corrected chi connectivity index (χ4v) is 3.68. The lowest BCUT2D eigenvalue weighted by molar-refractivity contribution is 0.0690. The number of anilines is 2. The van der Waals surface area contributed by atoms with Gasteiger partial charge in [-0.1, -0.05) is 59.2 Å². The van der Waals surface area contributed by atoms with E-state index in [2.05, 4.69) is 10.1 Å². The summed E-state index contributed by atoms with van der Waals surface area (Å²) in [5.41, 5.74) is 3.14. The summed E-state index contributed by atoms with van der Waals surface area (Å²) in [5.74, 6) is -0.692. The van der Waals surface area contributed by atoms with E-state index >= 15 is 0 Å². The van der Waals surface area contributed by atoms with Crippen molar-refractivity contribution in [1.29, 1.82) is 0 Å². The van der Waals surface area contributed by atoms with Crippen LogP contribution in [0.15, 0.2) is 71.3 Å². The van der Waals surface area contributed by atoms with Gasteiger partial charge in [0.15, 0.2) is 5.76 Å². The van der Waals surface area contributed by atoms with Crippen LogP contribution in [0.4, 0.5) is 16.2 Å². The third kappa shape index (κ3) is 4.49. The summed E-state index contributed by atoms with van der Waals surface area (Å²) in [6.07, 6.45) is -0.616. The van der Waals surface area contributed by atoms with Gasteiger partial charge in [0.05, 0.1) is 23.0 Å². The average molecular weight is 478 g/mol. The van der Waals surface area contributed by atoms with Crippen LogP contribution in [0.5, 0.6) is 0 Å². The van der Waals surface area contributed by atoms with Gasteiger partial charge < -0.3 is 14.4 Å². The molecule has 0 aliphatic rings.